The van der Waals surface area contributed by atoms with Crippen molar-refractivity contribution in [3.63, 3.8) is 0 Å². The molecule has 0 aromatic heterocycles. The van der Waals surface area contributed by atoms with Gasteiger partial charge in [-0.2, -0.15) is 0 Å². The SMILES string of the molecule is CCN1C(=O)c2ccc(C(=O)OCCOc3ccccc3)cc2S1(=O)=O. The fraction of sp³-hybridized carbons (Fsp3) is 0.222. The molecule has 1 heterocycles. The van der Waals surface area contributed by atoms with Gasteiger partial charge in [-0.25, -0.2) is 17.5 Å². The van der Waals surface area contributed by atoms with Crippen LogP contribution in [0.3, 0.4) is 0 Å². The Morgan fingerprint density at radius 2 is 1.81 bits per heavy atom. The molecule has 136 valence electrons. The van der Waals surface area contributed by atoms with Gasteiger partial charge in [0.15, 0.2) is 0 Å². The van der Waals surface area contributed by atoms with Gasteiger partial charge in [-0.3, -0.25) is 4.79 Å². The lowest BCUT2D eigenvalue weighted by atomic mass is 10.1. The fourth-order valence-corrected chi connectivity index (χ4v) is 4.21. The quantitative estimate of drug-likeness (QED) is 0.567. The topological polar surface area (TPSA) is 90.0 Å². The summed E-state index contributed by atoms with van der Waals surface area (Å²) in [6.07, 6.45) is 0. The summed E-state index contributed by atoms with van der Waals surface area (Å²) in [5, 5.41) is 0. The third-order valence-corrected chi connectivity index (χ3v) is 5.76. The van der Waals surface area contributed by atoms with Crippen molar-refractivity contribution in [2.75, 3.05) is 19.8 Å². The first-order valence-electron chi connectivity index (χ1n) is 8.01. The molecule has 1 aliphatic heterocycles. The second-order valence-electron chi connectivity index (χ2n) is 5.48. The molecular weight excluding hydrogens is 358 g/mol. The summed E-state index contributed by atoms with van der Waals surface area (Å²) in [6, 6.07) is 13.0. The van der Waals surface area contributed by atoms with E-state index in [1.54, 1.807) is 19.1 Å². The highest BCUT2D eigenvalue weighted by Crippen LogP contribution is 2.30. The summed E-state index contributed by atoms with van der Waals surface area (Å²) < 4.78 is 36.0. The van der Waals surface area contributed by atoms with Crippen LogP contribution in [-0.2, 0) is 14.8 Å². The molecule has 0 aliphatic carbocycles. The highest BCUT2D eigenvalue weighted by molar-refractivity contribution is 7.90. The molecule has 26 heavy (non-hydrogen) atoms. The van der Waals surface area contributed by atoms with Crippen molar-refractivity contribution in [1.82, 2.24) is 4.31 Å². The second-order valence-corrected chi connectivity index (χ2v) is 7.31. The van der Waals surface area contributed by atoms with Crippen molar-refractivity contribution in [3.8, 4) is 5.75 Å². The molecule has 2 aromatic rings. The minimum absolute atomic E-state index is 0.0115. The lowest BCUT2D eigenvalue weighted by Crippen LogP contribution is -2.29. The van der Waals surface area contributed by atoms with Gasteiger partial charge in [-0.05, 0) is 37.3 Å². The Hall–Kier alpha value is -2.87. The van der Waals surface area contributed by atoms with Crippen molar-refractivity contribution < 1.29 is 27.5 Å². The minimum Gasteiger partial charge on any atom is -0.490 e. The lowest BCUT2D eigenvalue weighted by molar-refractivity contribution is 0.0450. The van der Waals surface area contributed by atoms with Crippen LogP contribution in [0.1, 0.15) is 27.6 Å². The Labute approximate surface area is 151 Å². The Morgan fingerprint density at radius 3 is 2.50 bits per heavy atom. The molecule has 0 spiro atoms. The predicted octanol–water partition coefficient (Wildman–Crippen LogP) is 2.09. The van der Waals surface area contributed by atoms with E-state index in [0.717, 1.165) is 4.31 Å². The van der Waals surface area contributed by atoms with E-state index in [9.17, 15) is 18.0 Å². The number of sulfonamides is 1. The van der Waals surface area contributed by atoms with Crippen molar-refractivity contribution in [2.24, 2.45) is 0 Å². The molecule has 1 aliphatic rings. The van der Waals surface area contributed by atoms with Crippen LogP contribution >= 0.6 is 0 Å². The van der Waals surface area contributed by atoms with Gasteiger partial charge in [-0.1, -0.05) is 18.2 Å². The number of fused-ring (bicyclic) bond motifs is 1. The maximum Gasteiger partial charge on any atom is 0.338 e. The van der Waals surface area contributed by atoms with Crippen LogP contribution in [0.15, 0.2) is 53.4 Å². The molecular formula is C18H17NO6S. The number of ether oxygens (including phenoxy) is 2. The number of para-hydroxylation sites is 1. The first kappa shape index (κ1) is 17.9. The van der Waals surface area contributed by atoms with E-state index < -0.39 is 21.9 Å². The summed E-state index contributed by atoms with van der Waals surface area (Å²) in [4.78, 5) is 24.0. The van der Waals surface area contributed by atoms with E-state index in [1.165, 1.54) is 18.2 Å². The van der Waals surface area contributed by atoms with Gasteiger partial charge in [-0.15, -0.1) is 0 Å². The molecule has 0 unspecified atom stereocenters. The number of hydrogen-bond donors (Lipinski definition) is 0. The van der Waals surface area contributed by atoms with Gasteiger partial charge in [0.1, 0.15) is 23.9 Å². The van der Waals surface area contributed by atoms with Gasteiger partial charge in [0.2, 0.25) is 0 Å². The smallest absolute Gasteiger partial charge is 0.338 e. The molecule has 1 amide bonds. The average Bonchev–Trinajstić information content (AvgIpc) is 2.84. The predicted molar refractivity (Wildman–Crippen MR) is 92.6 cm³/mol. The maximum absolute atomic E-state index is 12.4. The number of carbonyl (C=O) groups is 2. The maximum atomic E-state index is 12.4. The number of carbonyl (C=O) groups excluding carboxylic acids is 2. The van der Waals surface area contributed by atoms with Crippen LogP contribution in [0, 0.1) is 0 Å². The fourth-order valence-electron chi connectivity index (χ4n) is 2.61. The van der Waals surface area contributed by atoms with Gasteiger partial charge in [0, 0.05) is 6.54 Å². The summed E-state index contributed by atoms with van der Waals surface area (Å²) in [5.74, 6) is -0.605. The molecule has 8 heteroatoms. The van der Waals surface area contributed by atoms with Gasteiger partial charge < -0.3 is 9.47 Å². The van der Waals surface area contributed by atoms with Gasteiger partial charge in [0.05, 0.1) is 11.1 Å². The molecule has 0 saturated carbocycles. The van der Waals surface area contributed by atoms with Crippen molar-refractivity contribution >= 4 is 21.9 Å². The van der Waals surface area contributed by atoms with Crippen LogP contribution in [0.5, 0.6) is 5.75 Å². The lowest BCUT2D eigenvalue weighted by Gasteiger charge is -2.11. The molecule has 0 saturated heterocycles. The van der Waals surface area contributed by atoms with E-state index in [4.69, 9.17) is 9.47 Å². The summed E-state index contributed by atoms with van der Waals surface area (Å²) in [6.45, 7) is 1.79. The highest BCUT2D eigenvalue weighted by atomic mass is 32.2. The number of esters is 1. The van der Waals surface area contributed by atoms with Crippen molar-refractivity contribution in [2.45, 2.75) is 11.8 Å². The third-order valence-electron chi connectivity index (χ3n) is 3.86. The minimum atomic E-state index is -3.91. The molecule has 2 aromatic carbocycles. The van der Waals surface area contributed by atoms with Crippen LogP contribution < -0.4 is 4.74 Å². The first-order chi connectivity index (χ1) is 12.4. The van der Waals surface area contributed by atoms with E-state index in [2.05, 4.69) is 0 Å². The molecule has 0 radical (unpaired) electrons. The van der Waals surface area contributed by atoms with E-state index in [0.29, 0.717) is 5.75 Å². The zero-order valence-electron chi connectivity index (χ0n) is 14.0. The Balaban J connectivity index is 1.66. The normalized spacial score (nSPS) is 14.8. The third kappa shape index (κ3) is 3.28. The number of rotatable bonds is 6. The second kappa shape index (κ2) is 7.17. The average molecular weight is 375 g/mol. The van der Waals surface area contributed by atoms with Crippen LogP contribution in [-0.4, -0.2) is 44.4 Å². The summed E-state index contributed by atoms with van der Waals surface area (Å²) >= 11 is 0. The summed E-state index contributed by atoms with van der Waals surface area (Å²) in [5.41, 5.74) is 0.133. The van der Waals surface area contributed by atoms with E-state index in [-0.39, 0.29) is 35.8 Å². The number of hydrogen-bond acceptors (Lipinski definition) is 6. The molecule has 0 bridgehead atoms. The molecule has 0 atom stereocenters. The standard InChI is InChI=1S/C18H17NO6S/c1-2-19-17(20)15-9-8-13(12-16(15)26(19,22)23)18(21)25-11-10-24-14-6-4-3-5-7-14/h3-9,12H,2,10-11H2,1H3. The van der Waals surface area contributed by atoms with Crippen LogP contribution in [0.25, 0.3) is 0 Å². The molecule has 0 N–H and O–H groups in total. The Bertz CT molecular complexity index is 939. The van der Waals surface area contributed by atoms with E-state index in [1.807, 2.05) is 18.2 Å². The van der Waals surface area contributed by atoms with Gasteiger partial charge >= 0.3 is 5.97 Å². The molecule has 0 fully saturated rings. The number of amides is 1. The summed E-state index contributed by atoms with van der Waals surface area (Å²) in [7, 11) is -3.91. The van der Waals surface area contributed by atoms with Crippen LogP contribution in [0.4, 0.5) is 0 Å². The van der Waals surface area contributed by atoms with E-state index >= 15 is 0 Å². The zero-order chi connectivity index (χ0) is 18.7. The zero-order valence-corrected chi connectivity index (χ0v) is 14.9. The highest BCUT2D eigenvalue weighted by Gasteiger charge is 2.40. The number of benzene rings is 2. The largest absolute Gasteiger partial charge is 0.490 e. The molecule has 7 nitrogen and oxygen atoms in total. The first-order valence-corrected chi connectivity index (χ1v) is 9.45. The van der Waals surface area contributed by atoms with Crippen molar-refractivity contribution in [1.29, 1.82) is 0 Å². The van der Waals surface area contributed by atoms with Crippen molar-refractivity contribution in [3.05, 3.63) is 59.7 Å². The number of nitrogens with zero attached hydrogens (tertiary/aromatic N) is 1. The molecule has 3 rings (SSSR count). The monoisotopic (exact) mass is 375 g/mol. The van der Waals surface area contributed by atoms with Crippen LogP contribution in [0.2, 0.25) is 0 Å². The Morgan fingerprint density at radius 1 is 1.08 bits per heavy atom. The Kier molecular flexibility index (Phi) is 4.94. The van der Waals surface area contributed by atoms with Gasteiger partial charge in [0.25, 0.3) is 15.9 Å².